The molecule has 3 aromatic rings. The molecule has 0 saturated carbocycles. The molecule has 3 aromatic carbocycles. The number of ether oxygens (including phenoxy) is 1. The highest BCUT2D eigenvalue weighted by Crippen LogP contribution is 2.25. The molecule has 7 heteroatoms. The van der Waals surface area contributed by atoms with Gasteiger partial charge in [-0.15, -0.1) is 0 Å². The number of nitrogens with one attached hydrogen (secondary N) is 3. The van der Waals surface area contributed by atoms with Crippen LogP contribution in [0, 0.1) is 5.82 Å². The van der Waals surface area contributed by atoms with Crippen molar-refractivity contribution < 1.29 is 13.9 Å². The minimum atomic E-state index is -0.888. The minimum Gasteiger partial charge on any atom is -0.455 e. The highest BCUT2D eigenvalue weighted by atomic mass is 19.1. The molecular formula is C26H25FN4O2. The molecule has 3 N–H and O–H groups in total. The van der Waals surface area contributed by atoms with Crippen LogP contribution >= 0.6 is 0 Å². The molecule has 2 aliphatic rings. The van der Waals surface area contributed by atoms with Crippen molar-refractivity contribution >= 4 is 23.1 Å². The predicted molar refractivity (Wildman–Crippen MR) is 128 cm³/mol. The van der Waals surface area contributed by atoms with E-state index in [0.717, 1.165) is 16.7 Å². The van der Waals surface area contributed by atoms with E-state index >= 15 is 0 Å². The summed E-state index contributed by atoms with van der Waals surface area (Å²) in [6, 6.07) is 23.3. The Labute approximate surface area is 192 Å². The quantitative estimate of drug-likeness (QED) is 0.556. The summed E-state index contributed by atoms with van der Waals surface area (Å²) >= 11 is 0. The number of anilines is 1. The monoisotopic (exact) mass is 444 g/mol. The first-order chi connectivity index (χ1) is 16.2. The SMILES string of the molecule is CC.O=C1Nc2ccccc2C(c2ccccc2)=NC1NC1NC=C(c2ccc(F)cc2)O1. The van der Waals surface area contributed by atoms with Gasteiger partial charge < -0.3 is 15.4 Å². The lowest BCUT2D eigenvalue weighted by atomic mass is 10.0. The van der Waals surface area contributed by atoms with Crippen LogP contribution in [0.5, 0.6) is 0 Å². The fraction of sp³-hybridized carbons (Fsp3) is 0.154. The maximum absolute atomic E-state index is 13.2. The third-order valence-corrected chi connectivity index (χ3v) is 5.04. The number of para-hydroxylation sites is 1. The number of aliphatic imine (C=N–C) groups is 1. The first-order valence-electron chi connectivity index (χ1n) is 10.9. The zero-order valence-electron chi connectivity index (χ0n) is 18.4. The molecule has 2 aliphatic heterocycles. The molecule has 6 nitrogen and oxygen atoms in total. The van der Waals surface area contributed by atoms with Gasteiger partial charge in [-0.1, -0.05) is 62.4 Å². The van der Waals surface area contributed by atoms with Crippen molar-refractivity contribution in [2.45, 2.75) is 26.4 Å². The van der Waals surface area contributed by atoms with Crippen LogP contribution in [0.3, 0.4) is 0 Å². The normalized spacial score (nSPS) is 18.8. The Kier molecular flexibility index (Phi) is 6.80. The van der Waals surface area contributed by atoms with Crippen LogP contribution in [-0.4, -0.2) is 24.1 Å². The lowest BCUT2D eigenvalue weighted by Crippen LogP contribution is -2.49. The Morgan fingerprint density at radius 3 is 2.36 bits per heavy atom. The molecule has 0 aliphatic carbocycles. The highest BCUT2D eigenvalue weighted by Gasteiger charge is 2.29. The van der Waals surface area contributed by atoms with Gasteiger partial charge in [-0.05, 0) is 30.3 Å². The number of hydrogen-bond donors (Lipinski definition) is 3. The van der Waals surface area contributed by atoms with Gasteiger partial charge in [0.05, 0.1) is 11.4 Å². The molecule has 0 spiro atoms. The van der Waals surface area contributed by atoms with E-state index in [4.69, 9.17) is 9.73 Å². The number of carbonyl (C=O) groups excluding carboxylic acids is 1. The summed E-state index contributed by atoms with van der Waals surface area (Å²) in [5, 5.41) is 9.08. The highest BCUT2D eigenvalue weighted by molar-refractivity contribution is 6.19. The minimum absolute atomic E-state index is 0.293. The topological polar surface area (TPSA) is 74.8 Å². The van der Waals surface area contributed by atoms with Gasteiger partial charge in [-0.3, -0.25) is 9.79 Å². The van der Waals surface area contributed by atoms with Crippen LogP contribution in [0.1, 0.15) is 30.5 Å². The Bertz CT molecular complexity index is 1180. The van der Waals surface area contributed by atoms with E-state index in [-0.39, 0.29) is 11.7 Å². The summed E-state index contributed by atoms with van der Waals surface area (Å²) in [5.41, 5.74) is 3.88. The van der Waals surface area contributed by atoms with E-state index in [2.05, 4.69) is 16.0 Å². The van der Waals surface area contributed by atoms with Gasteiger partial charge in [-0.2, -0.15) is 0 Å². The summed E-state index contributed by atoms with van der Waals surface area (Å²) in [4.78, 5) is 17.6. The number of carbonyl (C=O) groups is 1. The van der Waals surface area contributed by atoms with Crippen molar-refractivity contribution in [3.63, 3.8) is 0 Å². The zero-order chi connectivity index (χ0) is 23.2. The van der Waals surface area contributed by atoms with Crippen molar-refractivity contribution in [2.24, 2.45) is 4.99 Å². The molecule has 168 valence electrons. The van der Waals surface area contributed by atoms with Crippen molar-refractivity contribution in [3.05, 3.63) is 108 Å². The number of hydrogen-bond acceptors (Lipinski definition) is 5. The fourth-order valence-corrected chi connectivity index (χ4v) is 3.53. The summed E-state index contributed by atoms with van der Waals surface area (Å²) in [7, 11) is 0. The molecule has 2 atom stereocenters. The van der Waals surface area contributed by atoms with Crippen LogP contribution in [0.2, 0.25) is 0 Å². The van der Waals surface area contributed by atoms with Gasteiger partial charge in [0.2, 0.25) is 6.35 Å². The van der Waals surface area contributed by atoms with E-state index in [0.29, 0.717) is 17.2 Å². The molecule has 0 aromatic heterocycles. The van der Waals surface area contributed by atoms with E-state index in [1.165, 1.54) is 12.1 Å². The third kappa shape index (κ3) is 4.94. The van der Waals surface area contributed by atoms with Gasteiger partial charge in [0.1, 0.15) is 11.6 Å². The van der Waals surface area contributed by atoms with Crippen LogP contribution < -0.4 is 16.0 Å². The smallest absolute Gasteiger partial charge is 0.264 e. The van der Waals surface area contributed by atoms with Crippen molar-refractivity contribution in [1.29, 1.82) is 0 Å². The van der Waals surface area contributed by atoms with Crippen LogP contribution in [0.25, 0.3) is 5.76 Å². The number of amides is 1. The Morgan fingerprint density at radius 2 is 1.61 bits per heavy atom. The number of halogens is 1. The van der Waals surface area contributed by atoms with Crippen LogP contribution in [0.4, 0.5) is 10.1 Å². The number of nitrogens with zero attached hydrogens (tertiary/aromatic N) is 1. The number of rotatable bonds is 4. The largest absolute Gasteiger partial charge is 0.455 e. The van der Waals surface area contributed by atoms with Crippen molar-refractivity contribution in [2.75, 3.05) is 5.32 Å². The van der Waals surface area contributed by atoms with E-state index in [9.17, 15) is 9.18 Å². The molecule has 0 radical (unpaired) electrons. The lowest BCUT2D eigenvalue weighted by molar-refractivity contribution is -0.118. The summed E-state index contributed by atoms with van der Waals surface area (Å²) < 4.78 is 19.0. The molecular weight excluding hydrogens is 419 g/mol. The number of benzene rings is 3. The fourth-order valence-electron chi connectivity index (χ4n) is 3.53. The number of fused-ring (bicyclic) bond motifs is 1. The second-order valence-corrected chi connectivity index (χ2v) is 7.13. The maximum atomic E-state index is 13.2. The van der Waals surface area contributed by atoms with Gasteiger partial charge in [0.15, 0.2) is 6.17 Å². The van der Waals surface area contributed by atoms with Gasteiger partial charge >= 0.3 is 0 Å². The number of benzodiazepines with no additional fused rings is 1. The van der Waals surface area contributed by atoms with E-state index < -0.39 is 12.5 Å². The van der Waals surface area contributed by atoms with E-state index in [1.807, 2.05) is 68.4 Å². The van der Waals surface area contributed by atoms with Crippen LogP contribution in [0.15, 0.2) is 90.1 Å². The first kappa shape index (κ1) is 22.2. The standard InChI is InChI=1S/C24H19FN4O2.C2H6/c25-17-12-10-15(11-13-17)20-14-26-24(31-20)29-22-23(30)27-19-9-5-4-8-18(19)21(28-22)16-6-2-1-3-7-16;1-2/h1-14,22,24,26,29H,(H,27,30);1-2H3. The summed E-state index contributed by atoms with van der Waals surface area (Å²) in [6.07, 6.45) is 0.120. The average Bonchev–Trinajstić information content (AvgIpc) is 3.27. The van der Waals surface area contributed by atoms with Crippen molar-refractivity contribution in [1.82, 2.24) is 10.6 Å². The Hall–Kier alpha value is -3.97. The molecule has 0 saturated heterocycles. The van der Waals surface area contributed by atoms with Gasteiger partial charge in [0, 0.05) is 22.9 Å². The van der Waals surface area contributed by atoms with Gasteiger partial charge in [-0.25, -0.2) is 9.71 Å². The van der Waals surface area contributed by atoms with Crippen molar-refractivity contribution in [3.8, 4) is 0 Å². The maximum Gasteiger partial charge on any atom is 0.264 e. The molecule has 5 rings (SSSR count). The van der Waals surface area contributed by atoms with E-state index in [1.54, 1.807) is 18.3 Å². The van der Waals surface area contributed by atoms with Gasteiger partial charge in [0.25, 0.3) is 5.91 Å². The third-order valence-electron chi connectivity index (χ3n) is 5.04. The second kappa shape index (κ2) is 10.1. The second-order valence-electron chi connectivity index (χ2n) is 7.13. The Balaban J connectivity index is 0.00000126. The molecule has 2 unspecified atom stereocenters. The average molecular weight is 445 g/mol. The summed E-state index contributed by atoms with van der Waals surface area (Å²) in [6.45, 7) is 4.00. The molecule has 33 heavy (non-hydrogen) atoms. The zero-order valence-corrected chi connectivity index (χ0v) is 18.4. The first-order valence-corrected chi connectivity index (χ1v) is 10.9. The molecule has 0 bridgehead atoms. The predicted octanol–water partition coefficient (Wildman–Crippen LogP) is 4.46. The molecule has 1 amide bonds. The molecule has 2 heterocycles. The van der Waals surface area contributed by atoms with Crippen LogP contribution in [-0.2, 0) is 9.53 Å². The summed E-state index contributed by atoms with van der Waals surface area (Å²) in [5.74, 6) is -0.0662. The lowest BCUT2D eigenvalue weighted by Gasteiger charge is -2.19. The molecule has 0 fully saturated rings. The Morgan fingerprint density at radius 1 is 0.909 bits per heavy atom.